The topological polar surface area (TPSA) is 38.7 Å². The first-order valence-corrected chi connectivity index (χ1v) is 9.27. The van der Waals surface area contributed by atoms with Crippen molar-refractivity contribution in [1.82, 2.24) is 0 Å². The summed E-state index contributed by atoms with van der Waals surface area (Å²) in [6, 6.07) is 15.7. The molecule has 0 heterocycles. The molecule has 2 aromatic carbocycles. The second-order valence-corrected chi connectivity index (χ2v) is 7.06. The van der Waals surface area contributed by atoms with Gasteiger partial charge in [-0.1, -0.05) is 38.1 Å². The Labute approximate surface area is 159 Å². The van der Waals surface area contributed by atoms with Crippen molar-refractivity contribution in [3.05, 3.63) is 59.7 Å². The summed E-state index contributed by atoms with van der Waals surface area (Å²) in [4.78, 5) is 0. The highest BCUT2D eigenvalue weighted by Gasteiger charge is 2.23. The van der Waals surface area contributed by atoms with Gasteiger partial charge in [-0.25, -0.2) is 4.39 Å². The van der Waals surface area contributed by atoms with E-state index in [4.69, 9.17) is 21.1 Å². The standard InChI is InChI=1S/C21H26ClFO3/c1-21(2,16-4-8-19(9-5-16)25-13-3-12-22)17-6-10-20(11-7-17)26-15-18(24)14-23/h4-11,18,24H,3,12-15H2,1-2H3/t18-/m1/s1. The molecule has 0 aliphatic carbocycles. The Kier molecular flexibility index (Phi) is 7.73. The minimum Gasteiger partial charge on any atom is -0.494 e. The Balaban J connectivity index is 2.04. The summed E-state index contributed by atoms with van der Waals surface area (Å²) >= 11 is 5.66. The van der Waals surface area contributed by atoms with Crippen molar-refractivity contribution in [3.8, 4) is 11.5 Å². The van der Waals surface area contributed by atoms with Gasteiger partial charge in [-0.2, -0.15) is 0 Å². The molecule has 0 aliphatic rings. The molecule has 142 valence electrons. The lowest BCUT2D eigenvalue weighted by Gasteiger charge is -2.26. The fourth-order valence-corrected chi connectivity index (χ4v) is 2.69. The number of ether oxygens (including phenoxy) is 2. The molecule has 0 saturated heterocycles. The predicted molar refractivity (Wildman–Crippen MR) is 103 cm³/mol. The fourth-order valence-electron chi connectivity index (χ4n) is 2.58. The zero-order valence-corrected chi connectivity index (χ0v) is 16.0. The monoisotopic (exact) mass is 380 g/mol. The van der Waals surface area contributed by atoms with Crippen LogP contribution in [-0.2, 0) is 5.41 Å². The Morgan fingerprint density at radius 2 is 1.46 bits per heavy atom. The molecular formula is C21H26ClFO3. The summed E-state index contributed by atoms with van der Waals surface area (Å²) in [7, 11) is 0. The minimum absolute atomic E-state index is 0.0512. The van der Waals surface area contributed by atoms with Crippen LogP contribution < -0.4 is 9.47 Å². The van der Waals surface area contributed by atoms with Gasteiger partial charge in [-0.3, -0.25) is 0 Å². The third-order valence-corrected chi connectivity index (χ3v) is 4.59. The highest BCUT2D eigenvalue weighted by molar-refractivity contribution is 6.17. The smallest absolute Gasteiger partial charge is 0.119 e. The normalized spacial score (nSPS) is 12.7. The third-order valence-electron chi connectivity index (χ3n) is 4.32. The second kappa shape index (κ2) is 9.79. The van der Waals surface area contributed by atoms with Crippen LogP contribution in [0, 0.1) is 0 Å². The van der Waals surface area contributed by atoms with E-state index in [1.165, 1.54) is 5.56 Å². The van der Waals surface area contributed by atoms with E-state index in [0.717, 1.165) is 17.7 Å². The SMILES string of the molecule is CC(C)(c1ccc(OCCCCl)cc1)c1ccc(OC[C@H](O)CF)cc1. The van der Waals surface area contributed by atoms with Gasteiger partial charge in [0.25, 0.3) is 0 Å². The maximum atomic E-state index is 12.3. The molecule has 0 spiro atoms. The third kappa shape index (κ3) is 5.61. The van der Waals surface area contributed by atoms with Crippen LogP contribution in [0.3, 0.4) is 0 Å². The summed E-state index contributed by atoms with van der Waals surface area (Å²) in [5.41, 5.74) is 2.11. The maximum Gasteiger partial charge on any atom is 0.119 e. The number of aliphatic hydroxyl groups excluding tert-OH is 1. The molecule has 0 aromatic heterocycles. The van der Waals surface area contributed by atoms with Crippen molar-refractivity contribution in [1.29, 1.82) is 0 Å². The second-order valence-electron chi connectivity index (χ2n) is 6.68. The quantitative estimate of drug-likeness (QED) is 0.478. The van der Waals surface area contributed by atoms with Crippen LogP contribution >= 0.6 is 11.6 Å². The Morgan fingerprint density at radius 3 is 1.92 bits per heavy atom. The summed E-state index contributed by atoms with van der Waals surface area (Å²) in [6.07, 6.45) is -0.262. The first-order valence-electron chi connectivity index (χ1n) is 8.74. The van der Waals surface area contributed by atoms with Crippen molar-refractivity contribution in [2.45, 2.75) is 31.8 Å². The average Bonchev–Trinajstić information content (AvgIpc) is 2.67. The first kappa shape index (κ1) is 20.5. The number of halogens is 2. The van der Waals surface area contributed by atoms with Gasteiger partial charge in [0.1, 0.15) is 30.9 Å². The van der Waals surface area contributed by atoms with Crippen molar-refractivity contribution in [2.24, 2.45) is 0 Å². The van der Waals surface area contributed by atoms with Crippen LogP contribution in [0.1, 0.15) is 31.4 Å². The van der Waals surface area contributed by atoms with Gasteiger partial charge < -0.3 is 14.6 Å². The number of rotatable bonds is 10. The highest BCUT2D eigenvalue weighted by Crippen LogP contribution is 2.33. The molecular weight excluding hydrogens is 355 g/mol. The van der Waals surface area contributed by atoms with Gasteiger partial charge in [-0.05, 0) is 41.8 Å². The van der Waals surface area contributed by atoms with Crippen LogP contribution in [-0.4, -0.2) is 37.0 Å². The summed E-state index contributed by atoms with van der Waals surface area (Å²) in [5.74, 6) is 2.04. The van der Waals surface area contributed by atoms with Crippen molar-refractivity contribution < 1.29 is 19.0 Å². The van der Waals surface area contributed by atoms with Gasteiger partial charge in [0, 0.05) is 11.3 Å². The number of aliphatic hydroxyl groups is 1. The van der Waals surface area contributed by atoms with Gasteiger partial charge in [-0.15, -0.1) is 11.6 Å². The van der Waals surface area contributed by atoms with E-state index in [1.807, 2.05) is 36.4 Å². The maximum absolute atomic E-state index is 12.3. The Hall–Kier alpha value is -1.78. The van der Waals surface area contributed by atoms with Gasteiger partial charge in [0.2, 0.25) is 0 Å². The molecule has 0 fully saturated rings. The largest absolute Gasteiger partial charge is 0.494 e. The van der Waals surface area contributed by atoms with E-state index in [0.29, 0.717) is 18.2 Å². The number of benzene rings is 2. The molecule has 1 atom stereocenters. The van der Waals surface area contributed by atoms with Gasteiger partial charge in [0.05, 0.1) is 6.61 Å². The molecule has 0 aliphatic heterocycles. The van der Waals surface area contributed by atoms with Gasteiger partial charge in [0.15, 0.2) is 0 Å². The average molecular weight is 381 g/mol. The minimum atomic E-state index is -1.09. The Morgan fingerprint density at radius 1 is 0.962 bits per heavy atom. The molecule has 2 rings (SSSR count). The lowest BCUT2D eigenvalue weighted by Crippen LogP contribution is -2.20. The zero-order chi connectivity index (χ0) is 19.0. The van der Waals surface area contributed by atoms with Crippen LogP contribution in [0.5, 0.6) is 11.5 Å². The van der Waals surface area contributed by atoms with E-state index in [2.05, 4.69) is 26.0 Å². The van der Waals surface area contributed by atoms with Crippen molar-refractivity contribution >= 4 is 11.6 Å². The van der Waals surface area contributed by atoms with E-state index in [9.17, 15) is 9.50 Å². The van der Waals surface area contributed by atoms with Crippen LogP contribution in [0.2, 0.25) is 0 Å². The molecule has 3 nitrogen and oxygen atoms in total. The number of alkyl halides is 2. The van der Waals surface area contributed by atoms with Gasteiger partial charge >= 0.3 is 0 Å². The van der Waals surface area contributed by atoms with Crippen molar-refractivity contribution in [2.75, 3.05) is 25.8 Å². The van der Waals surface area contributed by atoms with Crippen LogP contribution in [0.25, 0.3) is 0 Å². The van der Waals surface area contributed by atoms with Crippen molar-refractivity contribution in [3.63, 3.8) is 0 Å². The predicted octanol–water partition coefficient (Wildman–Crippen LogP) is 4.73. The van der Waals surface area contributed by atoms with E-state index >= 15 is 0 Å². The number of hydrogen-bond acceptors (Lipinski definition) is 3. The molecule has 5 heteroatoms. The lowest BCUT2D eigenvalue weighted by atomic mass is 9.78. The van der Waals surface area contributed by atoms with E-state index < -0.39 is 12.8 Å². The summed E-state index contributed by atoms with van der Waals surface area (Å²) in [5, 5.41) is 9.23. The van der Waals surface area contributed by atoms with E-state index in [-0.39, 0.29) is 12.0 Å². The van der Waals surface area contributed by atoms with Crippen LogP contribution in [0.15, 0.2) is 48.5 Å². The molecule has 0 radical (unpaired) electrons. The van der Waals surface area contributed by atoms with Crippen LogP contribution in [0.4, 0.5) is 4.39 Å². The molecule has 1 N–H and O–H groups in total. The van der Waals surface area contributed by atoms with E-state index in [1.54, 1.807) is 0 Å². The summed E-state index contributed by atoms with van der Waals surface area (Å²) in [6.45, 7) is 4.06. The lowest BCUT2D eigenvalue weighted by molar-refractivity contribution is 0.0842. The first-order chi connectivity index (χ1) is 12.5. The summed E-state index contributed by atoms with van der Waals surface area (Å²) < 4.78 is 23.3. The molecule has 2 aromatic rings. The number of hydrogen-bond donors (Lipinski definition) is 1. The zero-order valence-electron chi connectivity index (χ0n) is 15.3. The molecule has 26 heavy (non-hydrogen) atoms. The molecule has 0 bridgehead atoms. The highest BCUT2D eigenvalue weighted by atomic mass is 35.5. The molecule has 0 amide bonds. The molecule has 0 saturated carbocycles. The molecule has 0 unspecified atom stereocenters. The Bertz CT molecular complexity index is 656. The fraction of sp³-hybridized carbons (Fsp3) is 0.429.